The van der Waals surface area contributed by atoms with Gasteiger partial charge in [0.05, 0.1) is 33.4 Å². The molecule has 0 bridgehead atoms. The van der Waals surface area contributed by atoms with E-state index in [4.69, 9.17) is 23.1 Å². The molecule has 0 aliphatic carbocycles. The number of hydrogen-bond acceptors (Lipinski definition) is 12. The predicted molar refractivity (Wildman–Crippen MR) is 297 cm³/mol. The minimum Gasteiger partial charge on any atom is -0.493 e. The number of Topliss-reactive ketones (excluding diaryl/α,β-unsaturated/α-hetero) is 1. The molecule has 2 N–H and O–H groups in total. The number of ether oxygens (including phenoxy) is 4. The van der Waals surface area contributed by atoms with Crippen molar-refractivity contribution in [2.24, 2.45) is 17.3 Å². The minimum atomic E-state index is -4.14. The van der Waals surface area contributed by atoms with Gasteiger partial charge in [-0.2, -0.15) is 8.42 Å². The summed E-state index contributed by atoms with van der Waals surface area (Å²) in [6, 6.07) is 26.1. The predicted octanol–water partition coefficient (Wildman–Crippen LogP) is 9.35. The molecule has 5 atom stereocenters. The number of anilines is 3. The van der Waals surface area contributed by atoms with E-state index in [9.17, 15) is 32.4 Å². The third-order valence-electron chi connectivity index (χ3n) is 15.5. The first-order valence-electron chi connectivity index (χ1n) is 26.7. The number of hydrogen-bond donors (Lipinski definition) is 2. The van der Waals surface area contributed by atoms with Gasteiger partial charge >= 0.3 is 0 Å². The maximum absolute atomic E-state index is 14.5. The van der Waals surface area contributed by atoms with Gasteiger partial charge in [0.1, 0.15) is 18.5 Å². The molecule has 0 radical (unpaired) electrons. The van der Waals surface area contributed by atoms with Crippen molar-refractivity contribution in [3.63, 3.8) is 0 Å². The van der Waals surface area contributed by atoms with E-state index in [1.807, 2.05) is 73.3 Å². The SMILES string of the molecule is COc1cc2c(cc1OCc1cc(COc3cc4c(cc3OC)C(=O)N3c5ccccc5C[C@H]3C(S(=O)(=O)OC)C4)cc(NC(=O)[C@H](C)CC(=O)[C@@H](NC(=O)CCC(C)(C)C)C(C)C)c1)CC[C@@H]1Cc3ccccc3N1C2=O. The number of carbonyl (C=O) groups is 5. The van der Waals surface area contributed by atoms with E-state index in [1.165, 1.54) is 14.2 Å². The van der Waals surface area contributed by atoms with Crippen LogP contribution in [0.4, 0.5) is 17.1 Å². The second-order valence-corrected chi connectivity index (χ2v) is 24.4. The van der Waals surface area contributed by atoms with E-state index in [0.29, 0.717) is 64.4 Å². The molecular formula is C61H70N4O12S. The van der Waals surface area contributed by atoms with Crippen LogP contribution in [0.5, 0.6) is 23.0 Å². The number of carbonyl (C=O) groups excluding carboxylic acids is 5. The summed E-state index contributed by atoms with van der Waals surface area (Å²) in [5, 5.41) is 4.83. The van der Waals surface area contributed by atoms with E-state index in [2.05, 4.69) is 37.5 Å². The lowest BCUT2D eigenvalue weighted by Crippen LogP contribution is -2.47. The topological polar surface area (TPSA) is 196 Å². The lowest BCUT2D eigenvalue weighted by atomic mass is 9.89. The lowest BCUT2D eigenvalue weighted by molar-refractivity contribution is -0.131. The number of nitrogens with zero attached hydrogens (tertiary/aromatic N) is 2. The molecule has 412 valence electrons. The molecule has 17 heteroatoms. The Balaban J connectivity index is 0.990. The van der Waals surface area contributed by atoms with Crippen LogP contribution < -0.4 is 39.4 Å². The summed E-state index contributed by atoms with van der Waals surface area (Å²) in [6.45, 7) is 11.5. The number of amides is 4. The summed E-state index contributed by atoms with van der Waals surface area (Å²) in [5.41, 5.74) is 7.26. The van der Waals surface area contributed by atoms with Crippen molar-refractivity contribution in [2.75, 3.05) is 36.4 Å². The van der Waals surface area contributed by atoms with Gasteiger partial charge in [-0.3, -0.25) is 28.2 Å². The quantitative estimate of drug-likeness (QED) is 0.0745. The number of rotatable bonds is 19. The summed E-state index contributed by atoms with van der Waals surface area (Å²) in [4.78, 5) is 72.9. The van der Waals surface area contributed by atoms with Crippen molar-refractivity contribution >= 4 is 56.6 Å². The normalized spacial score (nSPS) is 18.3. The van der Waals surface area contributed by atoms with Gasteiger partial charge < -0.3 is 39.4 Å². The average molecular weight is 1080 g/mol. The van der Waals surface area contributed by atoms with Crippen molar-refractivity contribution in [3.05, 3.63) is 136 Å². The van der Waals surface area contributed by atoms with Gasteiger partial charge in [-0.15, -0.1) is 0 Å². The molecular weight excluding hydrogens is 1010 g/mol. The van der Waals surface area contributed by atoms with Crippen LogP contribution >= 0.6 is 0 Å². The molecule has 4 heterocycles. The number of methoxy groups -OCH3 is 2. The Labute approximate surface area is 457 Å². The zero-order valence-corrected chi connectivity index (χ0v) is 46.7. The second kappa shape index (κ2) is 22.6. The van der Waals surface area contributed by atoms with Crippen molar-refractivity contribution in [1.82, 2.24) is 5.32 Å². The van der Waals surface area contributed by atoms with Crippen LogP contribution in [0.3, 0.4) is 0 Å². The van der Waals surface area contributed by atoms with E-state index < -0.39 is 39.3 Å². The smallest absolute Gasteiger partial charge is 0.272 e. The third kappa shape index (κ3) is 11.6. The molecule has 0 saturated heterocycles. The highest BCUT2D eigenvalue weighted by atomic mass is 32.2. The van der Waals surface area contributed by atoms with E-state index in [0.717, 1.165) is 42.3 Å². The zero-order valence-electron chi connectivity index (χ0n) is 45.9. The molecule has 16 nitrogen and oxygen atoms in total. The van der Waals surface area contributed by atoms with Crippen LogP contribution in [0, 0.1) is 17.3 Å². The Kier molecular flexibility index (Phi) is 16.1. The molecule has 0 aromatic heterocycles. The van der Waals surface area contributed by atoms with Gasteiger partial charge in [-0.1, -0.05) is 77.9 Å². The van der Waals surface area contributed by atoms with Crippen LogP contribution in [-0.4, -0.2) is 82.5 Å². The van der Waals surface area contributed by atoms with Gasteiger partial charge in [0, 0.05) is 53.0 Å². The molecule has 4 aliphatic heterocycles. The lowest BCUT2D eigenvalue weighted by Gasteiger charge is -2.28. The van der Waals surface area contributed by atoms with Crippen LogP contribution in [0.2, 0.25) is 0 Å². The summed E-state index contributed by atoms with van der Waals surface area (Å²) in [5.74, 6) is -1.01. The van der Waals surface area contributed by atoms with E-state index in [-0.39, 0.29) is 90.4 Å². The van der Waals surface area contributed by atoms with Gasteiger partial charge in [0.15, 0.2) is 28.8 Å². The Bertz CT molecular complexity index is 3280. The van der Waals surface area contributed by atoms with Gasteiger partial charge in [0.25, 0.3) is 21.9 Å². The Hall–Kier alpha value is -7.24. The van der Waals surface area contributed by atoms with Gasteiger partial charge in [-0.25, -0.2) is 0 Å². The summed E-state index contributed by atoms with van der Waals surface area (Å²) < 4.78 is 57.1. The number of benzene rings is 5. The number of ketones is 1. The molecule has 1 unspecified atom stereocenters. The molecule has 9 rings (SSSR count). The highest BCUT2D eigenvalue weighted by Gasteiger charge is 2.48. The van der Waals surface area contributed by atoms with E-state index >= 15 is 0 Å². The zero-order chi connectivity index (χ0) is 55.8. The first-order chi connectivity index (χ1) is 37.2. The number of nitrogens with one attached hydrogen (secondary N) is 2. The first kappa shape index (κ1) is 55.5. The fraction of sp³-hybridized carbons (Fsp3) is 0.426. The summed E-state index contributed by atoms with van der Waals surface area (Å²) in [7, 11) is -0.0343. The minimum absolute atomic E-state index is 0.00137. The molecule has 4 aliphatic rings. The second-order valence-electron chi connectivity index (χ2n) is 22.5. The van der Waals surface area contributed by atoms with Crippen molar-refractivity contribution in [2.45, 2.75) is 129 Å². The standard InChI is InChI=1S/C61H70N4O12S/c1-35(2)57(63-56(67)20-21-61(4,5)6)50(66)22-36(3)58(68)62-43-24-37(33-76-53-28-39-18-19-44-26-40-14-10-12-16-47(40)64(44)59(69)45(39)31-51(53)73-7)23-38(25-43)34-77-54-29-42-30-55(78(71,72)75-9)49-27-41-15-11-13-17-48(41)65(49)60(70)46(42)32-52(54)74-8/h10-17,23-25,28-29,31-32,35-36,44,49,55,57H,18-22,26-27,30,33-34H2,1-9H3,(H,62,68)(H,63,67)/t36-,44-,49+,55?,57+/m1/s1. The molecule has 4 amide bonds. The maximum Gasteiger partial charge on any atom is 0.272 e. The largest absolute Gasteiger partial charge is 0.493 e. The first-order valence-corrected chi connectivity index (χ1v) is 28.2. The van der Waals surface area contributed by atoms with E-state index in [1.54, 1.807) is 42.2 Å². The van der Waals surface area contributed by atoms with Crippen LogP contribution in [-0.2, 0) is 67.6 Å². The number of fused-ring (bicyclic) bond motifs is 8. The fourth-order valence-electron chi connectivity index (χ4n) is 11.3. The number of aryl methyl sites for hydroxylation is 1. The average Bonchev–Trinajstić information content (AvgIpc) is 4.04. The Morgan fingerprint density at radius 2 is 1.26 bits per heavy atom. The Morgan fingerprint density at radius 3 is 1.85 bits per heavy atom. The van der Waals surface area contributed by atoms with Crippen molar-refractivity contribution < 1.29 is 55.5 Å². The van der Waals surface area contributed by atoms with Crippen molar-refractivity contribution in [1.29, 1.82) is 0 Å². The highest BCUT2D eigenvalue weighted by Crippen LogP contribution is 2.44. The van der Waals surface area contributed by atoms with Gasteiger partial charge in [0.2, 0.25) is 11.8 Å². The molecule has 0 fully saturated rings. The molecule has 0 saturated carbocycles. The fourth-order valence-corrected chi connectivity index (χ4v) is 12.5. The third-order valence-corrected chi connectivity index (χ3v) is 17.1. The highest BCUT2D eigenvalue weighted by molar-refractivity contribution is 7.87. The maximum atomic E-state index is 14.5. The molecule has 5 aromatic rings. The monoisotopic (exact) mass is 1080 g/mol. The molecule has 0 spiro atoms. The van der Waals surface area contributed by atoms with Crippen LogP contribution in [0.25, 0.3) is 0 Å². The van der Waals surface area contributed by atoms with Crippen LogP contribution in [0.15, 0.2) is 91.0 Å². The molecule has 78 heavy (non-hydrogen) atoms. The molecule has 5 aromatic carbocycles. The Morgan fingerprint density at radius 1 is 0.692 bits per heavy atom. The summed E-state index contributed by atoms with van der Waals surface area (Å²) in [6.07, 6.45) is 3.32. The van der Waals surface area contributed by atoms with Crippen molar-refractivity contribution in [3.8, 4) is 23.0 Å². The van der Waals surface area contributed by atoms with Gasteiger partial charge in [-0.05, 0) is 138 Å². The summed E-state index contributed by atoms with van der Waals surface area (Å²) >= 11 is 0. The van der Waals surface area contributed by atoms with Crippen LogP contribution in [0.1, 0.15) is 121 Å². The number of para-hydroxylation sites is 2.